The van der Waals surface area contributed by atoms with Gasteiger partial charge in [0, 0.05) is 5.03 Å². The second kappa shape index (κ2) is 2.77. The van der Waals surface area contributed by atoms with Gasteiger partial charge in [0.2, 0.25) is 0 Å². The van der Waals surface area contributed by atoms with Gasteiger partial charge in [0.15, 0.2) is 0 Å². The number of alkyl halides is 2. The Morgan fingerprint density at radius 3 is 2.60 bits per heavy atom. The standard InChI is InChI=1S/C7H7Cl3/c1-7(10)4-2-3-5(8)6(7)9/h2-4,6H,1H3. The van der Waals surface area contributed by atoms with E-state index in [4.69, 9.17) is 34.8 Å². The summed E-state index contributed by atoms with van der Waals surface area (Å²) in [4.78, 5) is -0.534. The van der Waals surface area contributed by atoms with Gasteiger partial charge in [-0.25, -0.2) is 0 Å². The highest BCUT2D eigenvalue weighted by Crippen LogP contribution is 2.35. The van der Waals surface area contributed by atoms with E-state index in [-0.39, 0.29) is 5.38 Å². The van der Waals surface area contributed by atoms with E-state index in [1.165, 1.54) is 0 Å². The molecule has 1 aliphatic carbocycles. The Morgan fingerprint density at radius 1 is 1.60 bits per heavy atom. The summed E-state index contributed by atoms with van der Waals surface area (Å²) >= 11 is 17.6. The molecule has 0 nitrogen and oxygen atoms in total. The third-order valence-electron chi connectivity index (χ3n) is 1.42. The number of hydrogen-bond donors (Lipinski definition) is 0. The lowest BCUT2D eigenvalue weighted by Gasteiger charge is -2.25. The van der Waals surface area contributed by atoms with Crippen LogP contribution in [0.15, 0.2) is 23.3 Å². The maximum Gasteiger partial charge on any atom is 0.0916 e. The summed E-state index contributed by atoms with van der Waals surface area (Å²) in [6.07, 6.45) is 5.40. The zero-order valence-electron chi connectivity index (χ0n) is 5.44. The van der Waals surface area contributed by atoms with Crippen LogP contribution in [0.3, 0.4) is 0 Å². The van der Waals surface area contributed by atoms with E-state index in [0.29, 0.717) is 5.03 Å². The molecule has 0 aliphatic heterocycles. The van der Waals surface area contributed by atoms with Crippen molar-refractivity contribution >= 4 is 34.8 Å². The van der Waals surface area contributed by atoms with Crippen molar-refractivity contribution in [1.29, 1.82) is 0 Å². The van der Waals surface area contributed by atoms with Crippen LogP contribution in [-0.2, 0) is 0 Å². The highest BCUT2D eigenvalue weighted by molar-refractivity contribution is 6.42. The maximum absolute atomic E-state index is 5.97. The Labute approximate surface area is 75.5 Å². The summed E-state index contributed by atoms with van der Waals surface area (Å²) in [7, 11) is 0. The molecule has 0 spiro atoms. The van der Waals surface area contributed by atoms with Crippen molar-refractivity contribution in [2.45, 2.75) is 17.2 Å². The molecular weight excluding hydrogens is 190 g/mol. The van der Waals surface area contributed by atoms with Crippen molar-refractivity contribution in [3.8, 4) is 0 Å². The first-order valence-electron chi connectivity index (χ1n) is 2.92. The summed E-state index contributed by atoms with van der Waals surface area (Å²) in [5.74, 6) is 0. The smallest absolute Gasteiger partial charge is 0.0916 e. The molecule has 56 valence electrons. The normalized spacial score (nSPS) is 39.6. The van der Waals surface area contributed by atoms with E-state index in [2.05, 4.69) is 0 Å². The molecule has 2 unspecified atom stereocenters. The summed E-state index contributed by atoms with van der Waals surface area (Å²) in [6, 6.07) is 0. The highest BCUT2D eigenvalue weighted by Gasteiger charge is 2.31. The SMILES string of the molecule is CC1(Cl)C=CC=C(Cl)C1Cl. The number of rotatable bonds is 0. The zero-order valence-corrected chi connectivity index (χ0v) is 7.71. The lowest BCUT2D eigenvalue weighted by atomic mass is 10.0. The molecule has 1 rings (SSSR count). The van der Waals surface area contributed by atoms with Crippen molar-refractivity contribution in [1.82, 2.24) is 0 Å². The van der Waals surface area contributed by atoms with Crippen LogP contribution in [-0.4, -0.2) is 10.3 Å². The third kappa shape index (κ3) is 1.50. The van der Waals surface area contributed by atoms with Crippen LogP contribution < -0.4 is 0 Å². The predicted octanol–water partition coefficient (Wildman–Crippen LogP) is 3.28. The largest absolute Gasteiger partial charge is 0.115 e. The van der Waals surface area contributed by atoms with Crippen molar-refractivity contribution in [3.05, 3.63) is 23.3 Å². The number of hydrogen-bond acceptors (Lipinski definition) is 0. The third-order valence-corrected chi connectivity index (χ3v) is 3.02. The minimum Gasteiger partial charge on any atom is -0.115 e. The van der Waals surface area contributed by atoms with Gasteiger partial charge in [-0.1, -0.05) is 23.8 Å². The molecule has 0 aromatic carbocycles. The van der Waals surface area contributed by atoms with Crippen molar-refractivity contribution in [3.63, 3.8) is 0 Å². The fraction of sp³-hybridized carbons (Fsp3) is 0.429. The van der Waals surface area contributed by atoms with Gasteiger partial charge >= 0.3 is 0 Å². The number of halogens is 3. The molecule has 0 radical (unpaired) electrons. The maximum atomic E-state index is 5.97. The van der Waals surface area contributed by atoms with E-state index >= 15 is 0 Å². The molecule has 0 saturated heterocycles. The molecule has 10 heavy (non-hydrogen) atoms. The quantitative estimate of drug-likeness (QED) is 0.523. The summed E-state index contributed by atoms with van der Waals surface area (Å²) in [6.45, 7) is 1.83. The molecule has 0 N–H and O–H groups in total. The van der Waals surface area contributed by atoms with E-state index in [1.54, 1.807) is 6.08 Å². The summed E-state index contributed by atoms with van der Waals surface area (Å²) in [5, 5.41) is 0.294. The zero-order chi connectivity index (χ0) is 7.78. The van der Waals surface area contributed by atoms with Crippen molar-refractivity contribution < 1.29 is 0 Å². The van der Waals surface area contributed by atoms with E-state index in [9.17, 15) is 0 Å². The van der Waals surface area contributed by atoms with Crippen LogP contribution in [0.2, 0.25) is 0 Å². The van der Waals surface area contributed by atoms with Gasteiger partial charge in [0.05, 0.1) is 10.3 Å². The first-order valence-corrected chi connectivity index (χ1v) is 4.11. The van der Waals surface area contributed by atoms with Crippen LogP contribution in [0.4, 0.5) is 0 Å². The Bertz CT molecular complexity index is 191. The molecule has 2 atom stereocenters. The first kappa shape index (κ1) is 8.45. The lowest BCUT2D eigenvalue weighted by molar-refractivity contribution is 0.782. The molecular formula is C7H7Cl3. The minimum atomic E-state index is -0.534. The van der Waals surface area contributed by atoms with Gasteiger partial charge in [-0.05, 0) is 13.0 Å². The Kier molecular flexibility index (Phi) is 2.34. The van der Waals surface area contributed by atoms with E-state index in [0.717, 1.165) is 0 Å². The molecule has 0 saturated carbocycles. The van der Waals surface area contributed by atoms with Crippen LogP contribution in [0.5, 0.6) is 0 Å². The molecule has 0 aromatic rings. The van der Waals surface area contributed by atoms with Crippen LogP contribution in [0.25, 0.3) is 0 Å². The average Bonchev–Trinajstić information content (AvgIpc) is 1.83. The summed E-state index contributed by atoms with van der Waals surface area (Å²) in [5.41, 5.74) is 0. The fourth-order valence-corrected chi connectivity index (χ4v) is 1.46. The van der Waals surface area contributed by atoms with E-state index in [1.807, 2.05) is 19.1 Å². The van der Waals surface area contributed by atoms with Gasteiger partial charge in [0.1, 0.15) is 0 Å². The van der Waals surface area contributed by atoms with Gasteiger partial charge in [-0.2, -0.15) is 0 Å². The Morgan fingerprint density at radius 2 is 2.20 bits per heavy atom. The molecule has 0 aromatic heterocycles. The molecule has 3 heteroatoms. The van der Waals surface area contributed by atoms with Gasteiger partial charge in [-0.3, -0.25) is 0 Å². The summed E-state index contributed by atoms with van der Waals surface area (Å²) < 4.78 is 0. The second-order valence-corrected chi connectivity index (χ2v) is 4.11. The van der Waals surface area contributed by atoms with Gasteiger partial charge in [-0.15, -0.1) is 23.2 Å². The molecule has 0 fully saturated rings. The Hall–Kier alpha value is 0.350. The number of allylic oxidation sites excluding steroid dienone is 4. The average molecular weight is 197 g/mol. The lowest BCUT2D eigenvalue weighted by Crippen LogP contribution is -2.28. The minimum absolute atomic E-state index is 0.305. The predicted molar refractivity (Wildman–Crippen MR) is 47.0 cm³/mol. The first-order chi connectivity index (χ1) is 4.54. The van der Waals surface area contributed by atoms with Gasteiger partial charge in [0.25, 0.3) is 0 Å². The van der Waals surface area contributed by atoms with Crippen LogP contribution in [0.1, 0.15) is 6.92 Å². The van der Waals surface area contributed by atoms with Crippen molar-refractivity contribution in [2.75, 3.05) is 0 Å². The topological polar surface area (TPSA) is 0 Å². The van der Waals surface area contributed by atoms with Crippen LogP contribution in [0, 0.1) is 0 Å². The molecule has 0 amide bonds. The monoisotopic (exact) mass is 196 g/mol. The molecule has 0 heterocycles. The van der Waals surface area contributed by atoms with Crippen molar-refractivity contribution in [2.24, 2.45) is 0 Å². The Balaban J connectivity index is 2.89. The van der Waals surface area contributed by atoms with Crippen LogP contribution >= 0.6 is 34.8 Å². The van der Waals surface area contributed by atoms with E-state index < -0.39 is 4.87 Å². The molecule has 1 aliphatic rings. The second-order valence-electron chi connectivity index (χ2n) is 2.42. The molecule has 0 bridgehead atoms. The highest BCUT2D eigenvalue weighted by atomic mass is 35.5. The van der Waals surface area contributed by atoms with Gasteiger partial charge < -0.3 is 0 Å². The fourth-order valence-electron chi connectivity index (χ4n) is 0.767.